The van der Waals surface area contributed by atoms with Gasteiger partial charge in [0.25, 0.3) is 15.9 Å². The Balaban J connectivity index is 1.47. The van der Waals surface area contributed by atoms with Gasteiger partial charge in [0.15, 0.2) is 5.03 Å². The van der Waals surface area contributed by atoms with E-state index in [0.717, 1.165) is 0 Å². The lowest BCUT2D eigenvalue weighted by Gasteiger charge is -2.50. The molecule has 2 aromatic rings. The van der Waals surface area contributed by atoms with Crippen LogP contribution in [0.2, 0.25) is 0 Å². The molecule has 2 N–H and O–H groups in total. The van der Waals surface area contributed by atoms with E-state index in [-0.39, 0.29) is 55.9 Å². The van der Waals surface area contributed by atoms with Crippen molar-refractivity contribution in [1.29, 1.82) is 0 Å². The molecule has 2 fully saturated rings. The average molecular weight is 486 g/mol. The third-order valence-electron chi connectivity index (χ3n) is 6.61. The summed E-state index contributed by atoms with van der Waals surface area (Å²) in [5.41, 5.74) is -0.865. The van der Waals surface area contributed by atoms with Gasteiger partial charge < -0.3 is 10.3 Å². The van der Waals surface area contributed by atoms with Crippen molar-refractivity contribution in [3.05, 3.63) is 48.2 Å². The maximum absolute atomic E-state index is 14.0. The maximum Gasteiger partial charge on any atom is 0.260 e. The number of sulfonamides is 1. The predicted octanol–water partition coefficient (Wildman–Crippen LogP) is 2.23. The second-order valence-corrected chi connectivity index (χ2v) is 10.5. The van der Waals surface area contributed by atoms with Crippen LogP contribution in [0.4, 0.5) is 13.2 Å². The minimum absolute atomic E-state index is 0.000114. The summed E-state index contributed by atoms with van der Waals surface area (Å²) in [6, 6.07) is 5.58. The number of piperazine rings is 1. The summed E-state index contributed by atoms with van der Waals surface area (Å²) in [4.78, 5) is 20.9. The standard InChI is InChI=1S/C21H26F3N5O3S/c22-17-4-2-1-3-16(17)19(30)26-14-20(5-7-21(23,24)8-6-20)28-9-11-29(12-10-28)33(31,32)18-13-25-15-27-18/h1-4,13,15H,5-12,14H2,(H,25,27)(H,26,30). The zero-order chi connectivity index (χ0) is 23.7. The largest absolute Gasteiger partial charge is 0.350 e. The Kier molecular flexibility index (Phi) is 6.52. The van der Waals surface area contributed by atoms with Crippen LogP contribution in [0.3, 0.4) is 0 Å². The van der Waals surface area contributed by atoms with Crippen molar-refractivity contribution in [2.45, 2.75) is 42.2 Å². The van der Waals surface area contributed by atoms with E-state index in [2.05, 4.69) is 15.3 Å². The molecule has 0 spiro atoms. The molecule has 1 aliphatic carbocycles. The Morgan fingerprint density at radius 2 is 1.76 bits per heavy atom. The molecule has 1 amide bonds. The molecule has 2 heterocycles. The molecule has 1 saturated carbocycles. The first kappa shape index (κ1) is 23.7. The van der Waals surface area contributed by atoms with Crippen molar-refractivity contribution in [1.82, 2.24) is 24.5 Å². The SMILES string of the molecule is O=C(NCC1(N2CCN(S(=O)(=O)c3cnc[nH]3)CC2)CCC(F)(F)CC1)c1ccccc1F. The minimum atomic E-state index is -3.72. The third-order valence-corrected chi connectivity index (χ3v) is 8.43. The Morgan fingerprint density at radius 1 is 1.09 bits per heavy atom. The van der Waals surface area contributed by atoms with E-state index < -0.39 is 33.2 Å². The first-order valence-electron chi connectivity index (χ1n) is 10.8. The highest BCUT2D eigenvalue weighted by Gasteiger charge is 2.48. The number of rotatable bonds is 6. The summed E-state index contributed by atoms with van der Waals surface area (Å²) >= 11 is 0. The van der Waals surface area contributed by atoms with Crippen LogP contribution in [0.15, 0.2) is 41.8 Å². The fraction of sp³-hybridized carbons (Fsp3) is 0.524. The van der Waals surface area contributed by atoms with Gasteiger partial charge >= 0.3 is 0 Å². The number of hydrogen-bond acceptors (Lipinski definition) is 5. The number of nitrogens with one attached hydrogen (secondary N) is 2. The summed E-state index contributed by atoms with van der Waals surface area (Å²) in [6.07, 6.45) is 2.17. The number of aromatic amines is 1. The molecule has 33 heavy (non-hydrogen) atoms. The molecule has 4 rings (SSSR count). The van der Waals surface area contributed by atoms with Gasteiger partial charge in [0.05, 0.1) is 18.1 Å². The van der Waals surface area contributed by atoms with Gasteiger partial charge in [0.1, 0.15) is 5.82 Å². The molecular formula is C21H26F3N5O3S. The summed E-state index contributed by atoms with van der Waals surface area (Å²) in [5.74, 6) is -4.03. The van der Waals surface area contributed by atoms with Crippen molar-refractivity contribution in [2.24, 2.45) is 0 Å². The van der Waals surface area contributed by atoms with E-state index in [1.54, 1.807) is 6.07 Å². The molecule has 0 atom stereocenters. The summed E-state index contributed by atoms with van der Waals surface area (Å²) in [5, 5.41) is 2.73. The van der Waals surface area contributed by atoms with E-state index in [1.165, 1.54) is 35.0 Å². The van der Waals surface area contributed by atoms with Crippen LogP contribution in [0.25, 0.3) is 0 Å². The smallest absolute Gasteiger partial charge is 0.260 e. The van der Waals surface area contributed by atoms with E-state index in [1.807, 2.05) is 4.90 Å². The van der Waals surface area contributed by atoms with Gasteiger partial charge in [-0.05, 0) is 25.0 Å². The maximum atomic E-state index is 14.0. The second kappa shape index (κ2) is 9.07. The number of H-pyrrole nitrogens is 1. The van der Waals surface area contributed by atoms with Crippen LogP contribution in [-0.2, 0) is 10.0 Å². The van der Waals surface area contributed by atoms with E-state index >= 15 is 0 Å². The fourth-order valence-corrected chi connectivity index (χ4v) is 5.92. The Labute approximate surface area is 190 Å². The van der Waals surface area contributed by atoms with Crippen LogP contribution >= 0.6 is 0 Å². The molecule has 0 unspecified atom stereocenters. The summed E-state index contributed by atoms with van der Waals surface area (Å²) in [6.45, 7) is 1.09. The van der Waals surface area contributed by atoms with Crippen molar-refractivity contribution >= 4 is 15.9 Å². The Bertz CT molecular complexity index is 1080. The molecule has 0 radical (unpaired) electrons. The Hall–Kier alpha value is -2.44. The molecule has 1 saturated heterocycles. The van der Waals surface area contributed by atoms with Crippen molar-refractivity contribution in [3.63, 3.8) is 0 Å². The van der Waals surface area contributed by atoms with Crippen LogP contribution in [0.5, 0.6) is 0 Å². The highest BCUT2D eigenvalue weighted by atomic mass is 32.2. The molecule has 8 nitrogen and oxygen atoms in total. The molecule has 1 aromatic heterocycles. The van der Waals surface area contributed by atoms with Crippen LogP contribution in [0, 0.1) is 5.82 Å². The quantitative estimate of drug-likeness (QED) is 0.654. The average Bonchev–Trinajstić information content (AvgIpc) is 3.35. The van der Waals surface area contributed by atoms with Gasteiger partial charge in [-0.2, -0.15) is 4.31 Å². The lowest BCUT2D eigenvalue weighted by molar-refractivity contribution is -0.0856. The number of aromatic nitrogens is 2. The molecule has 12 heteroatoms. The number of halogens is 3. The summed E-state index contributed by atoms with van der Waals surface area (Å²) in [7, 11) is -3.72. The van der Waals surface area contributed by atoms with Gasteiger partial charge in [0.2, 0.25) is 5.92 Å². The minimum Gasteiger partial charge on any atom is -0.350 e. The molecular weight excluding hydrogens is 459 g/mol. The fourth-order valence-electron chi connectivity index (χ4n) is 4.60. The Morgan fingerprint density at radius 3 is 2.36 bits per heavy atom. The first-order chi connectivity index (χ1) is 15.6. The van der Waals surface area contributed by atoms with Crippen LogP contribution < -0.4 is 5.32 Å². The predicted molar refractivity (Wildman–Crippen MR) is 114 cm³/mol. The second-order valence-electron chi connectivity index (χ2n) is 8.55. The highest BCUT2D eigenvalue weighted by Crippen LogP contribution is 2.42. The first-order valence-corrected chi connectivity index (χ1v) is 12.2. The van der Waals surface area contributed by atoms with Crippen molar-refractivity contribution in [3.8, 4) is 0 Å². The number of carbonyl (C=O) groups is 1. The molecule has 1 aliphatic heterocycles. The normalized spacial score (nSPS) is 21.5. The van der Waals surface area contributed by atoms with E-state index in [9.17, 15) is 26.4 Å². The lowest BCUT2D eigenvalue weighted by Crippen LogP contribution is -2.63. The van der Waals surface area contributed by atoms with E-state index in [0.29, 0.717) is 13.1 Å². The highest BCUT2D eigenvalue weighted by molar-refractivity contribution is 7.89. The van der Waals surface area contributed by atoms with Gasteiger partial charge in [0, 0.05) is 51.1 Å². The van der Waals surface area contributed by atoms with Crippen molar-refractivity contribution in [2.75, 3.05) is 32.7 Å². The monoisotopic (exact) mass is 485 g/mol. The number of carbonyl (C=O) groups excluding carboxylic acids is 1. The number of amides is 1. The lowest BCUT2D eigenvalue weighted by atomic mass is 9.78. The van der Waals surface area contributed by atoms with Crippen LogP contribution in [-0.4, -0.2) is 77.7 Å². The number of alkyl halides is 2. The van der Waals surface area contributed by atoms with E-state index in [4.69, 9.17) is 0 Å². The summed E-state index contributed by atoms with van der Waals surface area (Å²) < 4.78 is 68.7. The number of nitrogens with zero attached hydrogens (tertiary/aromatic N) is 3. The van der Waals surface area contributed by atoms with Crippen molar-refractivity contribution < 1.29 is 26.4 Å². The van der Waals surface area contributed by atoms with Gasteiger partial charge in [-0.1, -0.05) is 12.1 Å². The molecule has 180 valence electrons. The van der Waals surface area contributed by atoms with Gasteiger partial charge in [-0.15, -0.1) is 0 Å². The zero-order valence-corrected chi connectivity index (χ0v) is 18.8. The van der Waals surface area contributed by atoms with Crippen LogP contribution in [0.1, 0.15) is 36.0 Å². The molecule has 0 bridgehead atoms. The number of imidazole rings is 1. The van der Waals surface area contributed by atoms with Gasteiger partial charge in [-0.25, -0.2) is 26.6 Å². The third kappa shape index (κ3) is 4.92. The molecule has 2 aliphatic rings. The number of hydrogen-bond donors (Lipinski definition) is 2. The zero-order valence-electron chi connectivity index (χ0n) is 17.9. The van der Waals surface area contributed by atoms with Gasteiger partial charge in [-0.3, -0.25) is 9.69 Å². The topological polar surface area (TPSA) is 98.4 Å². The molecule has 1 aromatic carbocycles. The number of benzene rings is 1.